The molecule has 1 fully saturated rings. The number of carboxylic acid groups (broad SMARTS) is 1. The van der Waals surface area contributed by atoms with Gasteiger partial charge in [-0.3, -0.25) is 9.59 Å². The summed E-state index contributed by atoms with van der Waals surface area (Å²) < 4.78 is 0. The van der Waals surface area contributed by atoms with E-state index < -0.39 is 5.97 Å². The van der Waals surface area contributed by atoms with Gasteiger partial charge in [0.2, 0.25) is 5.91 Å². The number of amides is 1. The molecule has 1 N–H and O–H groups in total. The van der Waals surface area contributed by atoms with Gasteiger partial charge in [-0.2, -0.15) is 0 Å². The van der Waals surface area contributed by atoms with Crippen molar-refractivity contribution in [3.05, 3.63) is 0 Å². The van der Waals surface area contributed by atoms with E-state index in [0.29, 0.717) is 25.9 Å². The first kappa shape index (κ1) is 10.6. The summed E-state index contributed by atoms with van der Waals surface area (Å²) in [6, 6.07) is 0. The first-order chi connectivity index (χ1) is 6.63. The number of hydrogen-bond donors (Lipinski definition) is 1. The van der Waals surface area contributed by atoms with Gasteiger partial charge in [0.25, 0.3) is 0 Å². The van der Waals surface area contributed by atoms with E-state index in [1.165, 1.54) is 0 Å². The molecule has 0 aliphatic carbocycles. The SMILES string of the molecule is C#CCCC(=O)N1CC(CC(=O)O)C1. The van der Waals surface area contributed by atoms with Gasteiger partial charge < -0.3 is 10.0 Å². The third-order valence-corrected chi connectivity index (χ3v) is 2.26. The lowest BCUT2D eigenvalue weighted by molar-refractivity contribution is -0.145. The van der Waals surface area contributed by atoms with Crippen LogP contribution in [0.4, 0.5) is 0 Å². The predicted octanol–water partition coefficient (Wildman–Crippen LogP) is 0.333. The molecule has 4 nitrogen and oxygen atoms in total. The second kappa shape index (κ2) is 4.66. The minimum absolute atomic E-state index is 0.0320. The van der Waals surface area contributed by atoms with Crippen LogP contribution in [0.1, 0.15) is 19.3 Å². The molecule has 0 spiro atoms. The molecule has 1 rings (SSSR count). The van der Waals surface area contributed by atoms with Crippen molar-refractivity contribution in [2.75, 3.05) is 13.1 Å². The van der Waals surface area contributed by atoms with Crippen molar-refractivity contribution in [1.29, 1.82) is 0 Å². The summed E-state index contributed by atoms with van der Waals surface area (Å²) in [6.07, 6.45) is 6.01. The molecule has 0 bridgehead atoms. The fourth-order valence-corrected chi connectivity index (χ4v) is 1.49. The van der Waals surface area contributed by atoms with E-state index in [4.69, 9.17) is 11.5 Å². The van der Waals surface area contributed by atoms with Crippen LogP contribution < -0.4 is 0 Å². The minimum atomic E-state index is -0.800. The summed E-state index contributed by atoms with van der Waals surface area (Å²) in [4.78, 5) is 23.3. The quantitative estimate of drug-likeness (QED) is 0.658. The molecule has 0 unspecified atom stereocenters. The number of aliphatic carboxylic acids is 1. The van der Waals surface area contributed by atoms with Crippen molar-refractivity contribution < 1.29 is 14.7 Å². The Morgan fingerprint density at radius 1 is 1.50 bits per heavy atom. The highest BCUT2D eigenvalue weighted by molar-refractivity contribution is 5.77. The molecule has 14 heavy (non-hydrogen) atoms. The van der Waals surface area contributed by atoms with Crippen molar-refractivity contribution >= 4 is 11.9 Å². The zero-order chi connectivity index (χ0) is 10.6. The number of carboxylic acids is 1. The summed E-state index contributed by atoms with van der Waals surface area (Å²) in [5.74, 6) is 1.76. The van der Waals surface area contributed by atoms with Gasteiger partial charge in [-0.05, 0) is 0 Å². The van der Waals surface area contributed by atoms with Gasteiger partial charge in [0, 0.05) is 31.8 Å². The lowest BCUT2D eigenvalue weighted by Crippen LogP contribution is -2.50. The van der Waals surface area contributed by atoms with Gasteiger partial charge >= 0.3 is 5.97 Å². The van der Waals surface area contributed by atoms with Crippen LogP contribution in [0.25, 0.3) is 0 Å². The molecule has 0 aromatic rings. The van der Waals surface area contributed by atoms with Crippen molar-refractivity contribution in [1.82, 2.24) is 4.90 Å². The zero-order valence-corrected chi connectivity index (χ0v) is 7.90. The Balaban J connectivity index is 2.18. The lowest BCUT2D eigenvalue weighted by Gasteiger charge is -2.38. The summed E-state index contributed by atoms with van der Waals surface area (Å²) in [6.45, 7) is 1.13. The molecule has 1 amide bonds. The smallest absolute Gasteiger partial charge is 0.303 e. The molecule has 4 heteroatoms. The number of likely N-dealkylation sites (tertiary alicyclic amines) is 1. The molecule has 76 valence electrons. The van der Waals surface area contributed by atoms with Crippen LogP contribution >= 0.6 is 0 Å². The third-order valence-electron chi connectivity index (χ3n) is 2.26. The predicted molar refractivity (Wildman–Crippen MR) is 50.4 cm³/mol. The summed E-state index contributed by atoms with van der Waals surface area (Å²) in [5, 5.41) is 8.49. The fraction of sp³-hybridized carbons (Fsp3) is 0.600. The Hall–Kier alpha value is -1.50. The normalized spacial score (nSPS) is 15.8. The highest BCUT2D eigenvalue weighted by Crippen LogP contribution is 2.19. The molecule has 0 aromatic heterocycles. The molecule has 0 saturated carbocycles. The van der Waals surface area contributed by atoms with Crippen LogP contribution in [0.2, 0.25) is 0 Å². The Bertz CT molecular complexity index is 274. The second-order valence-electron chi connectivity index (χ2n) is 3.47. The van der Waals surface area contributed by atoms with E-state index in [0.717, 1.165) is 0 Å². The van der Waals surface area contributed by atoms with E-state index in [-0.39, 0.29) is 18.2 Å². The summed E-state index contributed by atoms with van der Waals surface area (Å²) in [7, 11) is 0. The Morgan fingerprint density at radius 3 is 2.64 bits per heavy atom. The molecule has 1 aliphatic heterocycles. The number of carbonyl (C=O) groups is 2. The minimum Gasteiger partial charge on any atom is -0.481 e. The van der Waals surface area contributed by atoms with Gasteiger partial charge in [0.1, 0.15) is 0 Å². The summed E-state index contributed by atoms with van der Waals surface area (Å²) >= 11 is 0. The Labute approximate surface area is 82.9 Å². The first-order valence-electron chi connectivity index (χ1n) is 4.56. The topological polar surface area (TPSA) is 57.6 Å². The maximum absolute atomic E-state index is 11.3. The van der Waals surface area contributed by atoms with E-state index >= 15 is 0 Å². The van der Waals surface area contributed by atoms with Crippen molar-refractivity contribution in [2.24, 2.45) is 5.92 Å². The molecular weight excluding hydrogens is 182 g/mol. The molecule has 0 aromatic carbocycles. The molecule has 0 radical (unpaired) electrons. The van der Waals surface area contributed by atoms with Crippen LogP contribution in [0.3, 0.4) is 0 Å². The molecular formula is C10H13NO3. The second-order valence-corrected chi connectivity index (χ2v) is 3.47. The van der Waals surface area contributed by atoms with Crippen LogP contribution in [-0.4, -0.2) is 35.0 Å². The highest BCUT2D eigenvalue weighted by atomic mass is 16.4. The average molecular weight is 195 g/mol. The van der Waals surface area contributed by atoms with E-state index in [1.807, 2.05) is 0 Å². The van der Waals surface area contributed by atoms with Crippen LogP contribution in [0.5, 0.6) is 0 Å². The highest BCUT2D eigenvalue weighted by Gasteiger charge is 2.31. The number of hydrogen-bond acceptors (Lipinski definition) is 2. The Morgan fingerprint density at radius 2 is 2.14 bits per heavy atom. The van der Waals surface area contributed by atoms with Crippen molar-refractivity contribution in [3.8, 4) is 12.3 Å². The standard InChI is InChI=1S/C10H13NO3/c1-2-3-4-9(12)11-6-8(7-11)5-10(13)14/h1,8H,3-7H2,(H,13,14). The fourth-order valence-electron chi connectivity index (χ4n) is 1.49. The third kappa shape index (κ3) is 2.77. The summed E-state index contributed by atoms with van der Waals surface area (Å²) in [5.41, 5.74) is 0. The van der Waals surface area contributed by atoms with Crippen LogP contribution in [0.15, 0.2) is 0 Å². The molecule has 1 saturated heterocycles. The van der Waals surface area contributed by atoms with Gasteiger partial charge in [-0.15, -0.1) is 12.3 Å². The van der Waals surface area contributed by atoms with Gasteiger partial charge in [-0.1, -0.05) is 0 Å². The number of nitrogens with zero attached hydrogens (tertiary/aromatic N) is 1. The van der Waals surface area contributed by atoms with Crippen LogP contribution in [-0.2, 0) is 9.59 Å². The zero-order valence-electron chi connectivity index (χ0n) is 7.90. The van der Waals surface area contributed by atoms with Gasteiger partial charge in [-0.25, -0.2) is 0 Å². The number of terminal acetylenes is 1. The number of rotatable bonds is 4. The average Bonchev–Trinajstić information content (AvgIpc) is 2.06. The van der Waals surface area contributed by atoms with E-state index in [1.54, 1.807) is 4.90 Å². The first-order valence-corrected chi connectivity index (χ1v) is 4.56. The lowest BCUT2D eigenvalue weighted by atomic mass is 9.96. The number of carbonyl (C=O) groups excluding carboxylic acids is 1. The van der Waals surface area contributed by atoms with Crippen molar-refractivity contribution in [3.63, 3.8) is 0 Å². The Kier molecular flexibility index (Phi) is 3.52. The van der Waals surface area contributed by atoms with Crippen LogP contribution in [0, 0.1) is 18.3 Å². The molecule has 1 aliphatic rings. The largest absolute Gasteiger partial charge is 0.481 e. The van der Waals surface area contributed by atoms with E-state index in [9.17, 15) is 9.59 Å². The maximum Gasteiger partial charge on any atom is 0.303 e. The van der Waals surface area contributed by atoms with Gasteiger partial charge in [0.15, 0.2) is 0 Å². The van der Waals surface area contributed by atoms with E-state index in [2.05, 4.69) is 5.92 Å². The molecule has 1 heterocycles. The maximum atomic E-state index is 11.3. The molecule has 0 atom stereocenters. The van der Waals surface area contributed by atoms with Gasteiger partial charge in [0.05, 0.1) is 6.42 Å². The monoisotopic (exact) mass is 195 g/mol. The van der Waals surface area contributed by atoms with Crippen molar-refractivity contribution in [2.45, 2.75) is 19.3 Å².